The molecule has 0 spiro atoms. The number of nitrogens with zero attached hydrogens (tertiary/aromatic N) is 1. The number of likely N-dealkylation sites (N-methyl/N-ethyl adjacent to an activating group) is 2. The lowest BCUT2D eigenvalue weighted by Gasteiger charge is -2.38. The number of nitrogens with one attached hydrogen (secondary N) is 1. The molecule has 1 rings (SSSR count). The molecule has 2 nitrogen and oxygen atoms in total. The lowest BCUT2D eigenvalue weighted by atomic mass is 9.98. The number of hydrogen-bond donors (Lipinski definition) is 1. The van der Waals surface area contributed by atoms with Crippen LogP contribution in [0.1, 0.15) is 45.7 Å². The molecule has 0 aliphatic rings. The van der Waals surface area contributed by atoms with Crippen molar-refractivity contribution >= 4 is 0 Å². The van der Waals surface area contributed by atoms with E-state index in [0.29, 0.717) is 18.1 Å². The van der Waals surface area contributed by atoms with Crippen molar-refractivity contribution in [1.29, 1.82) is 0 Å². The van der Waals surface area contributed by atoms with Gasteiger partial charge in [-0.2, -0.15) is 0 Å². The van der Waals surface area contributed by atoms with Crippen molar-refractivity contribution in [1.82, 2.24) is 10.2 Å². The smallest absolute Gasteiger partial charge is 0.0473 e. The molecule has 0 heterocycles. The minimum absolute atomic E-state index is 0.389. The van der Waals surface area contributed by atoms with Gasteiger partial charge in [-0.05, 0) is 39.4 Å². The summed E-state index contributed by atoms with van der Waals surface area (Å²) in [6, 6.07) is 12.2. The van der Waals surface area contributed by atoms with E-state index in [9.17, 15) is 0 Å². The van der Waals surface area contributed by atoms with E-state index in [1.165, 1.54) is 12.0 Å². The SMILES string of the molecule is CCC(C)N(CC)C(C)C(NC)c1ccccc1. The Morgan fingerprint density at radius 1 is 1.11 bits per heavy atom. The number of rotatable bonds is 7. The maximum atomic E-state index is 3.47. The summed E-state index contributed by atoms with van der Waals surface area (Å²) in [5.41, 5.74) is 1.37. The molecule has 1 aromatic rings. The van der Waals surface area contributed by atoms with E-state index in [1.54, 1.807) is 0 Å². The first-order chi connectivity index (χ1) is 8.65. The Balaban J connectivity index is 2.87. The Bertz CT molecular complexity index is 323. The highest BCUT2D eigenvalue weighted by Crippen LogP contribution is 2.22. The van der Waals surface area contributed by atoms with Crippen LogP contribution >= 0.6 is 0 Å². The molecule has 0 fully saturated rings. The van der Waals surface area contributed by atoms with Gasteiger partial charge in [0.05, 0.1) is 0 Å². The van der Waals surface area contributed by atoms with Crippen molar-refractivity contribution in [3.8, 4) is 0 Å². The Morgan fingerprint density at radius 2 is 1.72 bits per heavy atom. The highest BCUT2D eigenvalue weighted by atomic mass is 15.2. The van der Waals surface area contributed by atoms with Crippen LogP contribution in [0.3, 0.4) is 0 Å². The third kappa shape index (κ3) is 3.56. The normalized spacial score (nSPS) is 16.6. The van der Waals surface area contributed by atoms with Gasteiger partial charge < -0.3 is 5.32 Å². The molecule has 1 aromatic carbocycles. The van der Waals surface area contributed by atoms with Crippen LogP contribution in [-0.2, 0) is 0 Å². The second kappa shape index (κ2) is 7.55. The molecule has 0 aliphatic carbocycles. The highest BCUT2D eigenvalue weighted by Gasteiger charge is 2.25. The van der Waals surface area contributed by atoms with Crippen molar-refractivity contribution in [2.75, 3.05) is 13.6 Å². The minimum Gasteiger partial charge on any atom is -0.312 e. The second-order valence-corrected chi connectivity index (χ2v) is 5.01. The molecule has 0 aliphatic heterocycles. The van der Waals surface area contributed by atoms with Crippen LogP contribution in [0.2, 0.25) is 0 Å². The van der Waals surface area contributed by atoms with E-state index < -0.39 is 0 Å². The standard InChI is InChI=1S/C16H28N2/c1-6-13(3)18(7-2)14(4)16(17-5)15-11-9-8-10-12-15/h8-14,16-17H,6-7H2,1-5H3. The summed E-state index contributed by atoms with van der Waals surface area (Å²) in [4.78, 5) is 2.58. The molecule has 1 N–H and O–H groups in total. The number of benzene rings is 1. The summed E-state index contributed by atoms with van der Waals surface area (Å²) in [7, 11) is 2.05. The van der Waals surface area contributed by atoms with Crippen LogP contribution in [-0.4, -0.2) is 30.6 Å². The van der Waals surface area contributed by atoms with E-state index in [1.807, 2.05) is 0 Å². The molecule has 18 heavy (non-hydrogen) atoms. The first-order valence-electron chi connectivity index (χ1n) is 7.13. The lowest BCUT2D eigenvalue weighted by Crippen LogP contribution is -2.46. The Labute approximate surface area is 112 Å². The van der Waals surface area contributed by atoms with Gasteiger partial charge in [-0.15, -0.1) is 0 Å². The molecule has 102 valence electrons. The molecule has 0 aromatic heterocycles. The van der Waals surface area contributed by atoms with Crippen molar-refractivity contribution in [2.24, 2.45) is 0 Å². The second-order valence-electron chi connectivity index (χ2n) is 5.01. The van der Waals surface area contributed by atoms with Gasteiger partial charge in [-0.25, -0.2) is 0 Å². The van der Waals surface area contributed by atoms with Gasteiger partial charge >= 0.3 is 0 Å². The fourth-order valence-corrected chi connectivity index (χ4v) is 2.77. The molecule has 2 heteroatoms. The molecule has 0 amide bonds. The van der Waals surface area contributed by atoms with E-state index in [-0.39, 0.29) is 0 Å². The maximum Gasteiger partial charge on any atom is 0.0473 e. The van der Waals surface area contributed by atoms with Gasteiger partial charge in [0.2, 0.25) is 0 Å². The molecule has 0 saturated heterocycles. The van der Waals surface area contributed by atoms with Gasteiger partial charge in [-0.3, -0.25) is 4.90 Å². The Morgan fingerprint density at radius 3 is 2.17 bits per heavy atom. The first kappa shape index (κ1) is 15.2. The highest BCUT2D eigenvalue weighted by molar-refractivity contribution is 5.20. The van der Waals surface area contributed by atoms with Gasteiger partial charge in [0.1, 0.15) is 0 Å². The van der Waals surface area contributed by atoms with Crippen LogP contribution in [0.4, 0.5) is 0 Å². The van der Waals surface area contributed by atoms with Gasteiger partial charge in [0, 0.05) is 18.1 Å². The molecule has 3 unspecified atom stereocenters. The average molecular weight is 248 g/mol. The van der Waals surface area contributed by atoms with Crippen molar-refractivity contribution in [2.45, 2.75) is 52.2 Å². The quantitative estimate of drug-likeness (QED) is 0.795. The van der Waals surface area contributed by atoms with Crippen LogP contribution in [0.5, 0.6) is 0 Å². The summed E-state index contributed by atoms with van der Waals surface area (Å²) in [6.45, 7) is 10.3. The van der Waals surface area contributed by atoms with E-state index in [0.717, 1.165) is 6.54 Å². The fourth-order valence-electron chi connectivity index (χ4n) is 2.77. The van der Waals surface area contributed by atoms with E-state index >= 15 is 0 Å². The van der Waals surface area contributed by atoms with E-state index in [4.69, 9.17) is 0 Å². The summed E-state index contributed by atoms with van der Waals surface area (Å²) < 4.78 is 0. The zero-order valence-corrected chi connectivity index (χ0v) is 12.5. The summed E-state index contributed by atoms with van der Waals surface area (Å²) in [5, 5.41) is 3.47. The zero-order chi connectivity index (χ0) is 13.5. The average Bonchev–Trinajstić information content (AvgIpc) is 2.41. The third-order valence-corrected chi connectivity index (χ3v) is 4.00. The summed E-state index contributed by atoms with van der Waals surface area (Å²) in [6.07, 6.45) is 1.20. The molecule has 3 atom stereocenters. The minimum atomic E-state index is 0.389. The lowest BCUT2D eigenvalue weighted by molar-refractivity contribution is 0.130. The van der Waals surface area contributed by atoms with Crippen molar-refractivity contribution in [3.63, 3.8) is 0 Å². The molecule has 0 bridgehead atoms. The van der Waals surface area contributed by atoms with Crippen LogP contribution < -0.4 is 5.32 Å². The summed E-state index contributed by atoms with van der Waals surface area (Å²) >= 11 is 0. The number of hydrogen-bond acceptors (Lipinski definition) is 2. The predicted octanol–water partition coefficient (Wildman–Crippen LogP) is 3.46. The monoisotopic (exact) mass is 248 g/mol. The predicted molar refractivity (Wildman–Crippen MR) is 79.8 cm³/mol. The summed E-state index contributed by atoms with van der Waals surface area (Å²) in [5.74, 6) is 0. The van der Waals surface area contributed by atoms with Crippen LogP contribution in [0.15, 0.2) is 30.3 Å². The zero-order valence-electron chi connectivity index (χ0n) is 12.5. The maximum absolute atomic E-state index is 3.47. The molecule has 0 saturated carbocycles. The molecule has 0 radical (unpaired) electrons. The third-order valence-electron chi connectivity index (χ3n) is 4.00. The van der Waals surface area contributed by atoms with E-state index in [2.05, 4.69) is 75.3 Å². The van der Waals surface area contributed by atoms with Crippen molar-refractivity contribution < 1.29 is 0 Å². The first-order valence-corrected chi connectivity index (χ1v) is 7.13. The van der Waals surface area contributed by atoms with Gasteiger partial charge in [0.25, 0.3) is 0 Å². The topological polar surface area (TPSA) is 15.3 Å². The van der Waals surface area contributed by atoms with Gasteiger partial charge in [-0.1, -0.05) is 44.2 Å². The molecular weight excluding hydrogens is 220 g/mol. The Hall–Kier alpha value is -0.860. The van der Waals surface area contributed by atoms with Crippen molar-refractivity contribution in [3.05, 3.63) is 35.9 Å². The van der Waals surface area contributed by atoms with Gasteiger partial charge in [0.15, 0.2) is 0 Å². The van der Waals surface area contributed by atoms with Crippen LogP contribution in [0.25, 0.3) is 0 Å². The van der Waals surface area contributed by atoms with Crippen LogP contribution in [0, 0.1) is 0 Å². The largest absolute Gasteiger partial charge is 0.312 e. The Kier molecular flexibility index (Phi) is 6.37. The fraction of sp³-hybridized carbons (Fsp3) is 0.625. The molecular formula is C16H28N2.